The molecule has 3 heteroatoms. The zero-order valence-corrected chi connectivity index (χ0v) is 11.0. The molecule has 0 aliphatic carbocycles. The molecule has 0 saturated heterocycles. The van der Waals surface area contributed by atoms with Gasteiger partial charge in [0.05, 0.1) is 11.6 Å². The quantitative estimate of drug-likeness (QED) is 0.899. The van der Waals surface area contributed by atoms with E-state index in [0.29, 0.717) is 0 Å². The monoisotopic (exact) mass is 281 g/mol. The molecule has 0 atom stereocenters. The Bertz CT molecular complexity index is 401. The molecular weight excluding hydrogens is 266 g/mol. The number of rotatable bonds is 2. The first-order chi connectivity index (χ1) is 7.81. The molecule has 1 aliphatic heterocycles. The van der Waals surface area contributed by atoms with Gasteiger partial charge >= 0.3 is 0 Å². The lowest BCUT2D eigenvalue weighted by atomic mass is 10.0. The van der Waals surface area contributed by atoms with Crippen LogP contribution in [0, 0.1) is 0 Å². The molecule has 0 aromatic heterocycles. The van der Waals surface area contributed by atoms with E-state index < -0.39 is 0 Å². The Morgan fingerprint density at radius 2 is 2.19 bits per heavy atom. The fraction of sp³-hybridized carbons (Fsp3) is 0.385. The second-order valence-electron chi connectivity index (χ2n) is 3.87. The molecule has 1 heterocycles. The smallest absolute Gasteiger partial charge is 0.133 e. The van der Waals surface area contributed by atoms with Crippen molar-refractivity contribution in [2.45, 2.75) is 12.8 Å². The maximum absolute atomic E-state index is 5.23. The Morgan fingerprint density at radius 1 is 1.31 bits per heavy atom. The van der Waals surface area contributed by atoms with Crippen molar-refractivity contribution >= 4 is 21.5 Å². The number of benzene rings is 1. The summed E-state index contributed by atoms with van der Waals surface area (Å²) in [7, 11) is 1.69. The van der Waals surface area contributed by atoms with Gasteiger partial charge < -0.3 is 10.1 Å². The van der Waals surface area contributed by atoms with Crippen LogP contribution in [0.1, 0.15) is 18.4 Å². The molecule has 0 spiro atoms. The normalized spacial score (nSPS) is 16.5. The highest BCUT2D eigenvalue weighted by Gasteiger charge is 2.07. The average Bonchev–Trinajstić information content (AvgIpc) is 2.57. The summed E-state index contributed by atoms with van der Waals surface area (Å²) in [6.45, 7) is 2.15. The van der Waals surface area contributed by atoms with Gasteiger partial charge in [-0.05, 0) is 65.1 Å². The van der Waals surface area contributed by atoms with Gasteiger partial charge in [0.15, 0.2) is 0 Å². The minimum absolute atomic E-state index is 0.885. The summed E-state index contributed by atoms with van der Waals surface area (Å²) in [5, 5.41) is 3.40. The van der Waals surface area contributed by atoms with Gasteiger partial charge in [-0.2, -0.15) is 0 Å². The third-order valence-corrected chi connectivity index (χ3v) is 3.43. The van der Waals surface area contributed by atoms with Crippen LogP contribution in [0.3, 0.4) is 0 Å². The number of methoxy groups -OCH3 is 1. The highest BCUT2D eigenvalue weighted by atomic mass is 79.9. The second-order valence-corrected chi connectivity index (χ2v) is 4.72. The van der Waals surface area contributed by atoms with E-state index in [1.807, 2.05) is 6.07 Å². The molecule has 0 unspecified atom stereocenters. The highest BCUT2D eigenvalue weighted by molar-refractivity contribution is 9.10. The van der Waals surface area contributed by atoms with Crippen molar-refractivity contribution < 1.29 is 4.74 Å². The molecule has 1 aromatic carbocycles. The Labute approximate surface area is 105 Å². The van der Waals surface area contributed by atoms with Crippen LogP contribution in [-0.2, 0) is 0 Å². The lowest BCUT2D eigenvalue weighted by Gasteiger charge is -2.09. The maximum atomic E-state index is 5.23. The van der Waals surface area contributed by atoms with Crippen LogP contribution >= 0.6 is 15.9 Å². The molecule has 1 aromatic rings. The van der Waals surface area contributed by atoms with E-state index in [1.54, 1.807) is 7.11 Å². The van der Waals surface area contributed by atoms with E-state index in [-0.39, 0.29) is 0 Å². The summed E-state index contributed by atoms with van der Waals surface area (Å²) >= 11 is 3.53. The van der Waals surface area contributed by atoms with E-state index >= 15 is 0 Å². The molecule has 2 nitrogen and oxygen atoms in total. The van der Waals surface area contributed by atoms with Crippen molar-refractivity contribution in [2.75, 3.05) is 20.2 Å². The van der Waals surface area contributed by atoms with E-state index in [2.05, 4.69) is 39.5 Å². The first-order valence-electron chi connectivity index (χ1n) is 5.55. The van der Waals surface area contributed by atoms with E-state index in [1.165, 1.54) is 11.1 Å². The van der Waals surface area contributed by atoms with Gasteiger partial charge in [-0.1, -0.05) is 12.1 Å². The largest absolute Gasteiger partial charge is 0.496 e. The van der Waals surface area contributed by atoms with Gasteiger partial charge in [-0.15, -0.1) is 0 Å². The Balaban J connectivity index is 2.26. The third kappa shape index (κ3) is 2.66. The van der Waals surface area contributed by atoms with Gasteiger partial charge in [0.2, 0.25) is 0 Å². The fourth-order valence-corrected chi connectivity index (χ4v) is 2.47. The van der Waals surface area contributed by atoms with Gasteiger partial charge in [-0.25, -0.2) is 0 Å². The van der Waals surface area contributed by atoms with Gasteiger partial charge in [0, 0.05) is 0 Å². The number of nitrogens with one attached hydrogen (secondary N) is 1. The van der Waals surface area contributed by atoms with Gasteiger partial charge in [0.25, 0.3) is 0 Å². The third-order valence-electron chi connectivity index (χ3n) is 2.81. The topological polar surface area (TPSA) is 21.3 Å². The summed E-state index contributed by atoms with van der Waals surface area (Å²) in [5.41, 5.74) is 2.71. The highest BCUT2D eigenvalue weighted by Crippen LogP contribution is 2.29. The number of hydrogen-bond acceptors (Lipinski definition) is 2. The van der Waals surface area contributed by atoms with Crippen molar-refractivity contribution in [3.63, 3.8) is 0 Å². The number of hydrogen-bond donors (Lipinski definition) is 1. The van der Waals surface area contributed by atoms with E-state index in [4.69, 9.17) is 4.74 Å². The molecule has 0 radical (unpaired) electrons. The lowest BCUT2D eigenvalue weighted by molar-refractivity contribution is 0.412. The van der Waals surface area contributed by atoms with Crippen LogP contribution in [0.5, 0.6) is 5.75 Å². The molecule has 86 valence electrons. The van der Waals surface area contributed by atoms with Gasteiger partial charge in [0.1, 0.15) is 5.75 Å². The Kier molecular flexibility index (Phi) is 4.02. The summed E-state index contributed by atoms with van der Waals surface area (Å²) in [6.07, 6.45) is 4.53. The summed E-state index contributed by atoms with van der Waals surface area (Å²) in [5.74, 6) is 0.885. The molecule has 2 rings (SSSR count). The number of ether oxygens (including phenoxy) is 1. The van der Waals surface area contributed by atoms with Crippen LogP contribution in [0.4, 0.5) is 0 Å². The number of halogens is 1. The fourth-order valence-electron chi connectivity index (χ4n) is 1.93. The second kappa shape index (κ2) is 5.51. The molecule has 0 fully saturated rings. The molecule has 1 N–H and O–H groups in total. The Hall–Kier alpha value is -0.800. The van der Waals surface area contributed by atoms with Crippen LogP contribution in [0.25, 0.3) is 5.57 Å². The van der Waals surface area contributed by atoms with Crippen molar-refractivity contribution in [1.29, 1.82) is 0 Å². The van der Waals surface area contributed by atoms with Crippen LogP contribution in [0.15, 0.2) is 28.7 Å². The zero-order valence-electron chi connectivity index (χ0n) is 9.42. The van der Waals surface area contributed by atoms with Crippen LogP contribution in [-0.4, -0.2) is 20.2 Å². The Morgan fingerprint density at radius 3 is 2.94 bits per heavy atom. The average molecular weight is 282 g/mol. The van der Waals surface area contributed by atoms with Crippen LogP contribution in [0.2, 0.25) is 0 Å². The minimum atomic E-state index is 0.885. The molecule has 0 amide bonds. The predicted molar refractivity (Wildman–Crippen MR) is 70.8 cm³/mol. The van der Waals surface area contributed by atoms with E-state index in [9.17, 15) is 0 Å². The first kappa shape index (κ1) is 11.7. The molecule has 1 aliphatic rings. The lowest BCUT2D eigenvalue weighted by Crippen LogP contribution is -2.13. The summed E-state index contributed by atoms with van der Waals surface area (Å²) < 4.78 is 6.25. The molecule has 0 saturated carbocycles. The SMILES string of the molecule is COc1ccc(C2=CCCNCC2)cc1Br. The summed E-state index contributed by atoms with van der Waals surface area (Å²) in [4.78, 5) is 0. The molecule has 0 bridgehead atoms. The van der Waals surface area contributed by atoms with Crippen LogP contribution < -0.4 is 10.1 Å². The standard InChI is InChI=1S/C13H16BrNO/c1-16-13-5-4-11(9-12(13)14)10-3-2-7-15-8-6-10/h3-5,9,15H,2,6-8H2,1H3. The molecule has 16 heavy (non-hydrogen) atoms. The van der Waals surface area contributed by atoms with Crippen molar-refractivity contribution in [3.05, 3.63) is 34.3 Å². The van der Waals surface area contributed by atoms with Crippen molar-refractivity contribution in [1.82, 2.24) is 5.32 Å². The first-order valence-corrected chi connectivity index (χ1v) is 6.34. The van der Waals surface area contributed by atoms with Gasteiger partial charge in [-0.3, -0.25) is 0 Å². The van der Waals surface area contributed by atoms with Crippen molar-refractivity contribution in [3.8, 4) is 5.75 Å². The van der Waals surface area contributed by atoms with Crippen molar-refractivity contribution in [2.24, 2.45) is 0 Å². The predicted octanol–water partition coefficient (Wildman–Crippen LogP) is 3.22. The summed E-state index contributed by atoms with van der Waals surface area (Å²) in [6, 6.07) is 6.27. The molecular formula is C13H16BrNO. The van der Waals surface area contributed by atoms with E-state index in [0.717, 1.165) is 36.2 Å². The maximum Gasteiger partial charge on any atom is 0.133 e. The minimum Gasteiger partial charge on any atom is -0.496 e. The zero-order chi connectivity index (χ0) is 11.4.